The van der Waals surface area contributed by atoms with Crippen LogP contribution in [-0.4, -0.2) is 18.3 Å². The number of hydrogen-bond acceptors (Lipinski definition) is 2. The van der Waals surface area contributed by atoms with Crippen molar-refractivity contribution in [3.8, 4) is 11.4 Å². The largest absolute Gasteiger partial charge is 0.497 e. The van der Waals surface area contributed by atoms with Crippen molar-refractivity contribution < 1.29 is 9.47 Å². The normalized spacial score (nSPS) is 14.4. The summed E-state index contributed by atoms with van der Waals surface area (Å²) >= 11 is 0. The molecule has 0 saturated carbocycles. The first kappa shape index (κ1) is 10.4. The zero-order valence-electron chi connectivity index (χ0n) is 9.85. The Labute approximate surface area is 101 Å². The standard InChI is InChI=1S/C14H15NO2/c1-16-13-4-2-12(3-5-13)15-8-6-11-7-9-17-10-14(11)15/h2-6,8H,7,9-10H2,1H3. The van der Waals surface area contributed by atoms with Crippen molar-refractivity contribution in [1.29, 1.82) is 0 Å². The number of ether oxygens (including phenoxy) is 2. The van der Waals surface area contributed by atoms with Gasteiger partial charge in [0.05, 0.1) is 26.0 Å². The van der Waals surface area contributed by atoms with E-state index in [1.54, 1.807) is 7.11 Å². The molecule has 0 bridgehead atoms. The lowest BCUT2D eigenvalue weighted by atomic mass is 10.1. The molecule has 0 amide bonds. The fourth-order valence-corrected chi connectivity index (χ4v) is 2.23. The van der Waals surface area contributed by atoms with Crippen LogP contribution in [0, 0.1) is 0 Å². The van der Waals surface area contributed by atoms with Crippen LogP contribution in [-0.2, 0) is 17.8 Å². The molecule has 2 heterocycles. The number of fused-ring (bicyclic) bond motifs is 1. The Bertz CT molecular complexity index is 514. The van der Waals surface area contributed by atoms with E-state index in [0.29, 0.717) is 6.61 Å². The summed E-state index contributed by atoms with van der Waals surface area (Å²) in [5.74, 6) is 0.881. The summed E-state index contributed by atoms with van der Waals surface area (Å²) < 4.78 is 12.9. The Morgan fingerprint density at radius 1 is 1.18 bits per heavy atom. The molecule has 1 aromatic carbocycles. The van der Waals surface area contributed by atoms with Crippen LogP contribution in [0.3, 0.4) is 0 Å². The minimum absolute atomic E-state index is 0.703. The highest BCUT2D eigenvalue weighted by atomic mass is 16.5. The minimum atomic E-state index is 0.703. The number of hydrogen-bond donors (Lipinski definition) is 0. The minimum Gasteiger partial charge on any atom is -0.497 e. The molecule has 88 valence electrons. The summed E-state index contributed by atoms with van der Waals surface area (Å²) in [5.41, 5.74) is 3.81. The van der Waals surface area contributed by atoms with Crippen LogP contribution in [0.2, 0.25) is 0 Å². The van der Waals surface area contributed by atoms with Crippen molar-refractivity contribution in [3.63, 3.8) is 0 Å². The van der Waals surface area contributed by atoms with Gasteiger partial charge in [-0.1, -0.05) is 0 Å². The second kappa shape index (κ2) is 4.26. The SMILES string of the molecule is COc1ccc(-n2ccc3c2COCC3)cc1. The molecule has 0 radical (unpaired) electrons. The van der Waals surface area contributed by atoms with Crippen LogP contribution in [0.25, 0.3) is 5.69 Å². The van der Waals surface area contributed by atoms with Gasteiger partial charge in [-0.2, -0.15) is 0 Å². The first-order valence-corrected chi connectivity index (χ1v) is 5.80. The van der Waals surface area contributed by atoms with Gasteiger partial charge in [-0.05, 0) is 42.3 Å². The molecule has 3 nitrogen and oxygen atoms in total. The van der Waals surface area contributed by atoms with Gasteiger partial charge >= 0.3 is 0 Å². The quantitative estimate of drug-likeness (QED) is 0.790. The monoisotopic (exact) mass is 229 g/mol. The summed E-state index contributed by atoms with van der Waals surface area (Å²) in [6.07, 6.45) is 3.12. The Balaban J connectivity index is 2.00. The van der Waals surface area contributed by atoms with Crippen LogP contribution >= 0.6 is 0 Å². The molecule has 0 N–H and O–H groups in total. The van der Waals surface area contributed by atoms with E-state index in [-0.39, 0.29) is 0 Å². The van der Waals surface area contributed by atoms with Crippen LogP contribution < -0.4 is 4.74 Å². The number of benzene rings is 1. The van der Waals surface area contributed by atoms with Gasteiger partial charge in [0, 0.05) is 11.9 Å². The molecule has 0 unspecified atom stereocenters. The van der Waals surface area contributed by atoms with Crippen molar-refractivity contribution in [2.75, 3.05) is 13.7 Å². The van der Waals surface area contributed by atoms with Gasteiger partial charge in [0.25, 0.3) is 0 Å². The smallest absolute Gasteiger partial charge is 0.119 e. The number of methoxy groups -OCH3 is 1. The molecule has 2 aromatic rings. The third-order valence-corrected chi connectivity index (χ3v) is 3.19. The molecule has 3 rings (SSSR count). The first-order valence-electron chi connectivity index (χ1n) is 5.80. The fraction of sp³-hybridized carbons (Fsp3) is 0.286. The molecule has 0 aliphatic carbocycles. The van der Waals surface area contributed by atoms with E-state index >= 15 is 0 Å². The van der Waals surface area contributed by atoms with Gasteiger partial charge < -0.3 is 14.0 Å². The summed E-state index contributed by atoms with van der Waals surface area (Å²) in [5, 5.41) is 0. The molecule has 1 aromatic heterocycles. The average Bonchev–Trinajstić information content (AvgIpc) is 2.83. The van der Waals surface area contributed by atoms with Crippen LogP contribution in [0.4, 0.5) is 0 Å². The average molecular weight is 229 g/mol. The third-order valence-electron chi connectivity index (χ3n) is 3.19. The summed E-state index contributed by atoms with van der Waals surface area (Å²) in [4.78, 5) is 0. The molecular formula is C14H15NO2. The summed E-state index contributed by atoms with van der Waals surface area (Å²) in [7, 11) is 1.68. The van der Waals surface area contributed by atoms with Crippen molar-refractivity contribution in [2.45, 2.75) is 13.0 Å². The molecule has 3 heteroatoms. The Morgan fingerprint density at radius 2 is 2.00 bits per heavy atom. The zero-order valence-corrected chi connectivity index (χ0v) is 9.85. The molecule has 0 fully saturated rings. The van der Waals surface area contributed by atoms with E-state index in [1.807, 2.05) is 12.1 Å². The molecule has 0 atom stereocenters. The lowest BCUT2D eigenvalue weighted by molar-refractivity contribution is 0.107. The Morgan fingerprint density at radius 3 is 2.76 bits per heavy atom. The Kier molecular flexibility index (Phi) is 2.61. The zero-order chi connectivity index (χ0) is 11.7. The molecule has 1 aliphatic rings. The molecule has 1 aliphatic heterocycles. The van der Waals surface area contributed by atoms with Crippen molar-refractivity contribution >= 4 is 0 Å². The van der Waals surface area contributed by atoms with E-state index in [9.17, 15) is 0 Å². The summed E-state index contributed by atoms with van der Waals surface area (Å²) in [6, 6.07) is 10.3. The van der Waals surface area contributed by atoms with Gasteiger partial charge in [-0.25, -0.2) is 0 Å². The van der Waals surface area contributed by atoms with Crippen molar-refractivity contribution in [3.05, 3.63) is 47.8 Å². The van der Waals surface area contributed by atoms with Crippen LogP contribution in [0.15, 0.2) is 36.5 Å². The van der Waals surface area contributed by atoms with E-state index in [4.69, 9.17) is 9.47 Å². The second-order valence-electron chi connectivity index (χ2n) is 4.16. The maximum Gasteiger partial charge on any atom is 0.119 e. The lowest BCUT2D eigenvalue weighted by Gasteiger charge is -2.16. The van der Waals surface area contributed by atoms with Crippen molar-refractivity contribution in [2.24, 2.45) is 0 Å². The van der Waals surface area contributed by atoms with Crippen LogP contribution in [0.5, 0.6) is 5.75 Å². The fourth-order valence-electron chi connectivity index (χ4n) is 2.23. The molecule has 0 saturated heterocycles. The summed E-state index contributed by atoms with van der Waals surface area (Å²) in [6.45, 7) is 1.54. The predicted molar refractivity (Wildman–Crippen MR) is 65.7 cm³/mol. The maximum atomic E-state index is 5.52. The second-order valence-corrected chi connectivity index (χ2v) is 4.16. The van der Waals surface area contributed by atoms with Crippen molar-refractivity contribution in [1.82, 2.24) is 4.57 Å². The third kappa shape index (κ3) is 1.83. The number of rotatable bonds is 2. The molecule has 17 heavy (non-hydrogen) atoms. The topological polar surface area (TPSA) is 23.4 Å². The van der Waals surface area contributed by atoms with Gasteiger partial charge in [-0.3, -0.25) is 0 Å². The van der Waals surface area contributed by atoms with Gasteiger partial charge in [0.15, 0.2) is 0 Å². The van der Waals surface area contributed by atoms with E-state index in [0.717, 1.165) is 24.5 Å². The lowest BCUT2D eigenvalue weighted by Crippen LogP contribution is -2.11. The highest BCUT2D eigenvalue weighted by Gasteiger charge is 2.14. The van der Waals surface area contributed by atoms with E-state index in [2.05, 4.69) is 29.0 Å². The first-order chi connectivity index (χ1) is 8.38. The highest BCUT2D eigenvalue weighted by molar-refractivity contribution is 5.41. The molecular weight excluding hydrogens is 214 g/mol. The van der Waals surface area contributed by atoms with Gasteiger partial charge in [0.2, 0.25) is 0 Å². The van der Waals surface area contributed by atoms with Gasteiger partial charge in [-0.15, -0.1) is 0 Å². The maximum absolute atomic E-state index is 5.52. The highest BCUT2D eigenvalue weighted by Crippen LogP contribution is 2.23. The van der Waals surface area contributed by atoms with Crippen LogP contribution in [0.1, 0.15) is 11.3 Å². The molecule has 0 spiro atoms. The predicted octanol–water partition coefficient (Wildman–Crippen LogP) is 2.56. The Hall–Kier alpha value is -1.74. The van der Waals surface area contributed by atoms with Gasteiger partial charge in [0.1, 0.15) is 5.75 Å². The number of aromatic nitrogens is 1. The van der Waals surface area contributed by atoms with E-state index in [1.165, 1.54) is 11.3 Å². The van der Waals surface area contributed by atoms with E-state index < -0.39 is 0 Å². The number of nitrogens with zero attached hydrogens (tertiary/aromatic N) is 1.